The highest BCUT2D eigenvalue weighted by atomic mass is 16.5. The van der Waals surface area contributed by atoms with Gasteiger partial charge in [0.1, 0.15) is 17.3 Å². The molecular formula is C23H25N3O2. The van der Waals surface area contributed by atoms with Crippen molar-refractivity contribution in [2.75, 3.05) is 44.7 Å². The molecule has 0 saturated carbocycles. The molecule has 5 heteroatoms. The number of carbonyl (C=O) groups excluding carboxylic acids is 1. The Hall–Kier alpha value is -2.92. The number of anilines is 1. The molecule has 0 aliphatic carbocycles. The SMILES string of the molecule is CCN1CCN(c2nc(C(=O)c3ccc(OC)cc3)cc3ccccc23)CC1. The van der Waals surface area contributed by atoms with E-state index in [1.165, 1.54) is 0 Å². The van der Waals surface area contributed by atoms with Crippen LogP contribution in [-0.4, -0.2) is 55.5 Å². The number of hydrogen-bond acceptors (Lipinski definition) is 5. The molecule has 1 aliphatic heterocycles. The molecule has 0 amide bonds. The summed E-state index contributed by atoms with van der Waals surface area (Å²) in [7, 11) is 1.62. The number of aromatic nitrogens is 1. The minimum absolute atomic E-state index is 0.0677. The van der Waals surface area contributed by atoms with Crippen LogP contribution < -0.4 is 9.64 Å². The monoisotopic (exact) mass is 375 g/mol. The van der Waals surface area contributed by atoms with E-state index >= 15 is 0 Å². The molecule has 1 fully saturated rings. The molecule has 3 aromatic rings. The number of fused-ring (bicyclic) bond motifs is 1. The lowest BCUT2D eigenvalue weighted by Gasteiger charge is -2.35. The molecule has 0 spiro atoms. The number of hydrogen-bond donors (Lipinski definition) is 0. The van der Waals surface area contributed by atoms with Crippen molar-refractivity contribution in [2.45, 2.75) is 6.92 Å². The summed E-state index contributed by atoms with van der Waals surface area (Å²) in [6.45, 7) is 7.14. The summed E-state index contributed by atoms with van der Waals surface area (Å²) in [4.78, 5) is 22.7. The van der Waals surface area contributed by atoms with E-state index in [4.69, 9.17) is 9.72 Å². The Morgan fingerprint density at radius 3 is 2.43 bits per heavy atom. The van der Waals surface area contributed by atoms with Crippen LogP contribution in [-0.2, 0) is 0 Å². The van der Waals surface area contributed by atoms with E-state index in [0.29, 0.717) is 11.3 Å². The molecule has 1 aliphatic rings. The van der Waals surface area contributed by atoms with Crippen LogP contribution in [0.25, 0.3) is 10.8 Å². The van der Waals surface area contributed by atoms with Gasteiger partial charge in [0.15, 0.2) is 0 Å². The van der Waals surface area contributed by atoms with Crippen LogP contribution in [0.5, 0.6) is 5.75 Å². The summed E-state index contributed by atoms with van der Waals surface area (Å²) in [6, 6.07) is 17.3. The number of carbonyl (C=O) groups is 1. The average molecular weight is 375 g/mol. The van der Waals surface area contributed by atoms with Gasteiger partial charge >= 0.3 is 0 Å². The molecule has 0 atom stereocenters. The molecule has 5 nitrogen and oxygen atoms in total. The lowest BCUT2D eigenvalue weighted by molar-refractivity contribution is 0.103. The van der Waals surface area contributed by atoms with Crippen molar-refractivity contribution in [1.82, 2.24) is 9.88 Å². The lowest BCUT2D eigenvalue weighted by atomic mass is 10.0. The number of nitrogens with zero attached hydrogens (tertiary/aromatic N) is 3. The summed E-state index contributed by atoms with van der Waals surface area (Å²) in [6.07, 6.45) is 0. The Labute approximate surface area is 165 Å². The van der Waals surface area contributed by atoms with Crippen molar-refractivity contribution in [3.63, 3.8) is 0 Å². The first-order chi connectivity index (χ1) is 13.7. The van der Waals surface area contributed by atoms with Crippen molar-refractivity contribution < 1.29 is 9.53 Å². The van der Waals surface area contributed by atoms with Gasteiger partial charge in [-0.25, -0.2) is 4.98 Å². The minimum Gasteiger partial charge on any atom is -0.497 e. The van der Waals surface area contributed by atoms with E-state index in [1.54, 1.807) is 31.4 Å². The molecule has 4 rings (SSSR count). The Bertz CT molecular complexity index is 977. The maximum absolute atomic E-state index is 13.1. The van der Waals surface area contributed by atoms with Crippen LogP contribution in [0.1, 0.15) is 23.0 Å². The molecule has 0 N–H and O–H groups in total. The first-order valence-corrected chi connectivity index (χ1v) is 9.75. The number of methoxy groups -OCH3 is 1. The number of piperazine rings is 1. The van der Waals surface area contributed by atoms with Gasteiger partial charge in [0.2, 0.25) is 5.78 Å². The van der Waals surface area contributed by atoms with Gasteiger partial charge in [0.05, 0.1) is 7.11 Å². The van der Waals surface area contributed by atoms with Crippen LogP contribution in [0.3, 0.4) is 0 Å². The molecule has 0 radical (unpaired) electrons. The average Bonchev–Trinajstić information content (AvgIpc) is 2.78. The summed E-state index contributed by atoms with van der Waals surface area (Å²) in [5, 5.41) is 2.14. The molecule has 144 valence electrons. The largest absolute Gasteiger partial charge is 0.497 e. The molecule has 1 saturated heterocycles. The molecule has 1 aromatic heterocycles. The standard InChI is InChI=1S/C23H25N3O2/c1-3-25-12-14-26(15-13-25)23-20-7-5-4-6-18(20)16-21(24-23)22(27)17-8-10-19(28-2)11-9-17/h4-11,16H,3,12-15H2,1-2H3. The second kappa shape index (κ2) is 7.98. The fraction of sp³-hybridized carbons (Fsp3) is 0.304. The van der Waals surface area contributed by atoms with Crippen LogP contribution in [0.15, 0.2) is 54.6 Å². The highest BCUT2D eigenvalue weighted by Gasteiger charge is 2.21. The normalized spacial score (nSPS) is 15.0. The van der Waals surface area contributed by atoms with E-state index in [0.717, 1.165) is 55.1 Å². The summed E-state index contributed by atoms with van der Waals surface area (Å²) in [5.74, 6) is 1.57. The van der Waals surface area contributed by atoms with Crippen LogP contribution in [0.2, 0.25) is 0 Å². The molecule has 0 unspecified atom stereocenters. The first kappa shape index (κ1) is 18.4. The maximum atomic E-state index is 13.1. The molecular weight excluding hydrogens is 350 g/mol. The quantitative estimate of drug-likeness (QED) is 0.638. The number of ketones is 1. The van der Waals surface area contributed by atoms with Gasteiger partial charge in [-0.05, 0) is 42.3 Å². The molecule has 28 heavy (non-hydrogen) atoms. The van der Waals surface area contributed by atoms with Crippen LogP contribution in [0.4, 0.5) is 5.82 Å². The zero-order valence-electron chi connectivity index (χ0n) is 16.4. The van der Waals surface area contributed by atoms with E-state index in [1.807, 2.05) is 24.3 Å². The Morgan fingerprint density at radius 1 is 1.04 bits per heavy atom. The van der Waals surface area contributed by atoms with Crippen molar-refractivity contribution in [3.8, 4) is 5.75 Å². The first-order valence-electron chi connectivity index (χ1n) is 9.75. The number of benzene rings is 2. The lowest BCUT2D eigenvalue weighted by Crippen LogP contribution is -2.46. The third-order valence-electron chi connectivity index (χ3n) is 5.42. The molecule has 0 bridgehead atoms. The third kappa shape index (κ3) is 3.58. The zero-order chi connectivity index (χ0) is 19.5. The topological polar surface area (TPSA) is 45.7 Å². The van der Waals surface area contributed by atoms with Crippen LogP contribution >= 0.6 is 0 Å². The Kier molecular flexibility index (Phi) is 5.26. The second-order valence-electron chi connectivity index (χ2n) is 7.03. The summed E-state index contributed by atoms with van der Waals surface area (Å²) in [5.41, 5.74) is 1.10. The van der Waals surface area contributed by atoms with E-state index < -0.39 is 0 Å². The highest BCUT2D eigenvalue weighted by Crippen LogP contribution is 2.28. The number of rotatable bonds is 5. The fourth-order valence-corrected chi connectivity index (χ4v) is 3.70. The summed E-state index contributed by atoms with van der Waals surface area (Å²) < 4.78 is 5.19. The highest BCUT2D eigenvalue weighted by molar-refractivity contribution is 6.10. The predicted octanol–water partition coefficient (Wildman–Crippen LogP) is 3.62. The van der Waals surface area contributed by atoms with Gasteiger partial charge in [-0.15, -0.1) is 0 Å². The minimum atomic E-state index is -0.0677. The van der Waals surface area contributed by atoms with Gasteiger partial charge in [0.25, 0.3) is 0 Å². The van der Waals surface area contributed by atoms with Crippen molar-refractivity contribution in [2.24, 2.45) is 0 Å². The van der Waals surface area contributed by atoms with Gasteiger partial charge in [-0.2, -0.15) is 0 Å². The molecule has 2 aromatic carbocycles. The Morgan fingerprint density at radius 2 is 1.75 bits per heavy atom. The number of ether oxygens (including phenoxy) is 1. The zero-order valence-corrected chi connectivity index (χ0v) is 16.4. The van der Waals surface area contributed by atoms with Crippen molar-refractivity contribution >= 4 is 22.4 Å². The summed E-state index contributed by atoms with van der Waals surface area (Å²) >= 11 is 0. The van der Waals surface area contributed by atoms with E-state index in [9.17, 15) is 4.79 Å². The van der Waals surface area contributed by atoms with E-state index in [2.05, 4.69) is 22.8 Å². The maximum Gasteiger partial charge on any atom is 0.211 e. The Balaban J connectivity index is 1.72. The number of pyridine rings is 1. The fourth-order valence-electron chi connectivity index (χ4n) is 3.70. The smallest absolute Gasteiger partial charge is 0.211 e. The van der Waals surface area contributed by atoms with Crippen molar-refractivity contribution in [3.05, 3.63) is 65.9 Å². The second-order valence-corrected chi connectivity index (χ2v) is 7.03. The van der Waals surface area contributed by atoms with Gasteiger partial charge < -0.3 is 14.5 Å². The van der Waals surface area contributed by atoms with Gasteiger partial charge in [-0.1, -0.05) is 31.2 Å². The van der Waals surface area contributed by atoms with Crippen LogP contribution in [0, 0.1) is 0 Å². The third-order valence-corrected chi connectivity index (χ3v) is 5.42. The van der Waals surface area contributed by atoms with E-state index in [-0.39, 0.29) is 5.78 Å². The van der Waals surface area contributed by atoms with Gasteiger partial charge in [-0.3, -0.25) is 4.79 Å². The van der Waals surface area contributed by atoms with Gasteiger partial charge in [0, 0.05) is 37.1 Å². The van der Waals surface area contributed by atoms with Crippen molar-refractivity contribution in [1.29, 1.82) is 0 Å². The predicted molar refractivity (Wildman–Crippen MR) is 112 cm³/mol. The number of likely N-dealkylation sites (N-methyl/N-ethyl adjacent to an activating group) is 1. The molecule has 2 heterocycles.